The summed E-state index contributed by atoms with van der Waals surface area (Å²) >= 11 is 1.17. The molecule has 1 saturated carbocycles. The van der Waals surface area contributed by atoms with Crippen molar-refractivity contribution in [2.24, 2.45) is 0 Å². The molecule has 0 spiro atoms. The van der Waals surface area contributed by atoms with E-state index in [1.165, 1.54) is 23.8 Å². The molecule has 1 aliphatic carbocycles. The van der Waals surface area contributed by atoms with E-state index in [1.54, 1.807) is 24.0 Å². The standard InChI is InChI=1S/C17H18N4O3S/c1-18-11-7-8-12(21(23)24)15-13(11)14-16(25-15)17(22)20(9-19-14)10-5-3-2-4-6-10/h7-10,18H,2-6H2,1H3. The highest BCUT2D eigenvalue weighted by Gasteiger charge is 2.24. The summed E-state index contributed by atoms with van der Waals surface area (Å²) < 4.78 is 2.72. The Morgan fingerprint density at radius 1 is 1.28 bits per heavy atom. The summed E-state index contributed by atoms with van der Waals surface area (Å²) in [7, 11) is 1.76. The van der Waals surface area contributed by atoms with Crippen LogP contribution in [0.15, 0.2) is 23.3 Å². The van der Waals surface area contributed by atoms with Crippen LogP contribution in [0.25, 0.3) is 20.3 Å². The number of hydrogen-bond acceptors (Lipinski definition) is 6. The molecule has 0 saturated heterocycles. The molecule has 8 heteroatoms. The van der Waals surface area contributed by atoms with Crippen molar-refractivity contribution in [2.45, 2.75) is 38.1 Å². The second-order valence-corrected chi connectivity index (χ2v) is 7.39. The van der Waals surface area contributed by atoms with Crippen LogP contribution in [0.1, 0.15) is 38.1 Å². The number of nitrogens with zero attached hydrogens (tertiary/aromatic N) is 3. The van der Waals surface area contributed by atoms with Gasteiger partial charge in [0.25, 0.3) is 11.2 Å². The highest BCUT2D eigenvalue weighted by atomic mass is 32.1. The first-order chi connectivity index (χ1) is 12.1. The van der Waals surface area contributed by atoms with Gasteiger partial charge in [-0.15, -0.1) is 11.3 Å². The predicted molar refractivity (Wildman–Crippen MR) is 99.7 cm³/mol. The first-order valence-electron chi connectivity index (χ1n) is 8.40. The Hall–Kier alpha value is -2.48. The van der Waals surface area contributed by atoms with Crippen molar-refractivity contribution in [3.05, 3.63) is 38.9 Å². The maximum absolute atomic E-state index is 13.0. The van der Waals surface area contributed by atoms with Crippen LogP contribution in [0.5, 0.6) is 0 Å². The van der Waals surface area contributed by atoms with E-state index >= 15 is 0 Å². The number of non-ortho nitro benzene ring substituents is 1. The van der Waals surface area contributed by atoms with Gasteiger partial charge in [-0.2, -0.15) is 0 Å². The maximum atomic E-state index is 13.0. The average molecular weight is 358 g/mol. The SMILES string of the molecule is CNc1ccc([N+](=O)[O-])c2sc3c(=O)n(C4CCCCC4)cnc3c12. The molecule has 1 aromatic carbocycles. The van der Waals surface area contributed by atoms with Crippen molar-refractivity contribution in [1.82, 2.24) is 9.55 Å². The zero-order valence-electron chi connectivity index (χ0n) is 13.8. The molecule has 4 rings (SSSR count). The van der Waals surface area contributed by atoms with Crippen molar-refractivity contribution < 1.29 is 4.92 Å². The van der Waals surface area contributed by atoms with Gasteiger partial charge in [0, 0.05) is 30.2 Å². The zero-order chi connectivity index (χ0) is 17.6. The van der Waals surface area contributed by atoms with Crippen molar-refractivity contribution in [1.29, 1.82) is 0 Å². The van der Waals surface area contributed by atoms with Crippen LogP contribution in [0.3, 0.4) is 0 Å². The summed E-state index contributed by atoms with van der Waals surface area (Å²) in [4.78, 5) is 28.5. The van der Waals surface area contributed by atoms with E-state index in [1.807, 2.05) is 0 Å². The minimum atomic E-state index is -0.406. The molecular formula is C17H18N4O3S. The molecule has 25 heavy (non-hydrogen) atoms. The van der Waals surface area contributed by atoms with Crippen molar-refractivity contribution in [2.75, 3.05) is 12.4 Å². The number of fused-ring (bicyclic) bond motifs is 3. The van der Waals surface area contributed by atoms with Gasteiger partial charge in [0.15, 0.2) is 0 Å². The average Bonchev–Trinajstić information content (AvgIpc) is 3.02. The van der Waals surface area contributed by atoms with Crippen molar-refractivity contribution in [3.63, 3.8) is 0 Å². The molecule has 3 aromatic rings. The first-order valence-corrected chi connectivity index (χ1v) is 9.22. The van der Waals surface area contributed by atoms with Crippen molar-refractivity contribution >= 4 is 43.0 Å². The lowest BCUT2D eigenvalue weighted by molar-refractivity contribution is -0.382. The van der Waals surface area contributed by atoms with Gasteiger partial charge in [-0.25, -0.2) is 4.98 Å². The Bertz CT molecular complexity index is 1030. The number of thiophene rings is 1. The van der Waals surface area contributed by atoms with Gasteiger partial charge in [-0.1, -0.05) is 19.3 Å². The van der Waals surface area contributed by atoms with E-state index in [0.717, 1.165) is 31.4 Å². The van der Waals surface area contributed by atoms with Crippen LogP contribution in [0, 0.1) is 10.1 Å². The molecule has 0 bridgehead atoms. The van der Waals surface area contributed by atoms with Crippen LogP contribution in [-0.2, 0) is 0 Å². The summed E-state index contributed by atoms with van der Waals surface area (Å²) in [5, 5.41) is 15.1. The molecule has 1 aliphatic rings. The summed E-state index contributed by atoms with van der Waals surface area (Å²) in [6.45, 7) is 0. The second-order valence-electron chi connectivity index (χ2n) is 6.37. The topological polar surface area (TPSA) is 90.1 Å². The lowest BCUT2D eigenvalue weighted by Crippen LogP contribution is -2.26. The summed E-state index contributed by atoms with van der Waals surface area (Å²) in [5.41, 5.74) is 1.22. The lowest BCUT2D eigenvalue weighted by Gasteiger charge is -2.23. The van der Waals surface area contributed by atoms with Gasteiger partial charge in [0.2, 0.25) is 0 Å². The van der Waals surface area contributed by atoms with Gasteiger partial charge in [-0.3, -0.25) is 19.5 Å². The van der Waals surface area contributed by atoms with Gasteiger partial charge < -0.3 is 5.32 Å². The van der Waals surface area contributed by atoms with Crippen molar-refractivity contribution in [3.8, 4) is 0 Å². The third-order valence-corrected chi connectivity index (χ3v) is 6.16. The monoisotopic (exact) mass is 358 g/mol. The second kappa shape index (κ2) is 6.11. The Morgan fingerprint density at radius 2 is 2.04 bits per heavy atom. The maximum Gasteiger partial charge on any atom is 0.287 e. The molecule has 0 amide bonds. The minimum absolute atomic E-state index is 0.0145. The number of aromatic nitrogens is 2. The fraction of sp³-hybridized carbons (Fsp3) is 0.412. The fourth-order valence-electron chi connectivity index (χ4n) is 3.70. The highest BCUT2D eigenvalue weighted by molar-refractivity contribution is 7.26. The summed E-state index contributed by atoms with van der Waals surface area (Å²) in [5.74, 6) is 0. The van der Waals surface area contributed by atoms with Crippen LogP contribution in [-0.4, -0.2) is 21.5 Å². The Labute approximate surface area is 147 Å². The van der Waals surface area contributed by atoms with E-state index in [2.05, 4.69) is 10.3 Å². The molecule has 2 heterocycles. The molecule has 0 atom stereocenters. The van der Waals surface area contributed by atoms with E-state index in [9.17, 15) is 14.9 Å². The minimum Gasteiger partial charge on any atom is -0.388 e. The smallest absolute Gasteiger partial charge is 0.287 e. The predicted octanol–water partition coefficient (Wildman–Crippen LogP) is 4.07. The van der Waals surface area contributed by atoms with E-state index in [-0.39, 0.29) is 17.3 Å². The highest BCUT2D eigenvalue weighted by Crippen LogP contribution is 2.41. The molecule has 7 nitrogen and oxygen atoms in total. The molecule has 130 valence electrons. The number of nitro benzene ring substituents is 1. The fourth-order valence-corrected chi connectivity index (χ4v) is 4.91. The number of anilines is 1. The molecule has 2 aromatic heterocycles. The van der Waals surface area contributed by atoms with Crippen LogP contribution in [0.4, 0.5) is 11.4 Å². The summed E-state index contributed by atoms with van der Waals surface area (Å²) in [6, 6.07) is 3.33. The van der Waals surface area contributed by atoms with Gasteiger partial charge >= 0.3 is 0 Å². The van der Waals surface area contributed by atoms with Gasteiger partial charge in [0.05, 0.1) is 16.8 Å². The molecule has 0 aliphatic heterocycles. The molecule has 0 unspecified atom stereocenters. The van der Waals surface area contributed by atoms with E-state index < -0.39 is 4.92 Å². The number of rotatable bonds is 3. The van der Waals surface area contributed by atoms with Gasteiger partial charge in [-0.05, 0) is 18.9 Å². The Balaban J connectivity index is 2.01. The Morgan fingerprint density at radius 3 is 2.72 bits per heavy atom. The third-order valence-electron chi connectivity index (χ3n) is 4.97. The number of hydrogen-bond donors (Lipinski definition) is 1. The summed E-state index contributed by atoms with van der Waals surface area (Å²) in [6.07, 6.45) is 7.04. The number of benzene rings is 1. The molecular weight excluding hydrogens is 340 g/mol. The first kappa shape index (κ1) is 16.0. The number of nitrogens with one attached hydrogen (secondary N) is 1. The van der Waals surface area contributed by atoms with E-state index in [0.29, 0.717) is 20.3 Å². The molecule has 1 fully saturated rings. The van der Waals surface area contributed by atoms with Crippen LogP contribution < -0.4 is 10.9 Å². The van der Waals surface area contributed by atoms with Crippen LogP contribution >= 0.6 is 11.3 Å². The normalized spacial score (nSPS) is 15.7. The zero-order valence-corrected chi connectivity index (χ0v) is 14.6. The third kappa shape index (κ3) is 2.48. The number of nitro groups is 1. The molecule has 0 radical (unpaired) electrons. The largest absolute Gasteiger partial charge is 0.388 e. The Kier molecular flexibility index (Phi) is 3.91. The van der Waals surface area contributed by atoms with E-state index in [4.69, 9.17) is 0 Å². The molecule has 1 N–H and O–H groups in total. The van der Waals surface area contributed by atoms with Crippen LogP contribution in [0.2, 0.25) is 0 Å². The quantitative estimate of drug-likeness (QED) is 0.563. The lowest BCUT2D eigenvalue weighted by atomic mass is 9.95. The van der Waals surface area contributed by atoms with Gasteiger partial charge in [0.1, 0.15) is 9.40 Å².